The first-order chi connectivity index (χ1) is 9.61. The molecule has 0 spiro atoms. The number of halogens is 2. The van der Waals surface area contributed by atoms with Crippen LogP contribution in [0.4, 0.5) is 8.78 Å². The average Bonchev–Trinajstić information content (AvgIpc) is 2.46. The molecule has 110 valence electrons. The standard InChI is InChI=1S/C14H17F2NO2S/c15-10-4-5-13(12(16)7-10)20-9-14(19)17-6-2-1-3-11(17)8-18/h4-5,7,11,18H,1-3,6,8-9H2. The second-order valence-corrected chi connectivity index (χ2v) is 5.80. The van der Waals surface area contributed by atoms with Crippen LogP contribution in [0.1, 0.15) is 19.3 Å². The number of amides is 1. The predicted octanol–water partition coefficient (Wildman–Crippen LogP) is 2.43. The molecule has 0 saturated carbocycles. The lowest BCUT2D eigenvalue weighted by Gasteiger charge is -2.34. The number of nitrogens with zero attached hydrogens (tertiary/aromatic N) is 1. The van der Waals surface area contributed by atoms with Crippen molar-refractivity contribution in [3.63, 3.8) is 0 Å². The van der Waals surface area contributed by atoms with Crippen molar-refractivity contribution in [2.24, 2.45) is 0 Å². The number of aliphatic hydroxyl groups excluding tert-OH is 1. The van der Waals surface area contributed by atoms with E-state index >= 15 is 0 Å². The van der Waals surface area contributed by atoms with Gasteiger partial charge in [-0.25, -0.2) is 8.78 Å². The van der Waals surface area contributed by atoms with Gasteiger partial charge in [-0.15, -0.1) is 11.8 Å². The monoisotopic (exact) mass is 301 g/mol. The summed E-state index contributed by atoms with van der Waals surface area (Å²) >= 11 is 1.06. The zero-order valence-electron chi connectivity index (χ0n) is 11.0. The molecule has 1 aliphatic heterocycles. The summed E-state index contributed by atoms with van der Waals surface area (Å²) in [7, 11) is 0. The number of likely N-dealkylation sites (tertiary alicyclic amines) is 1. The van der Waals surface area contributed by atoms with E-state index in [0.29, 0.717) is 6.54 Å². The predicted molar refractivity (Wildman–Crippen MR) is 73.5 cm³/mol. The summed E-state index contributed by atoms with van der Waals surface area (Å²) < 4.78 is 26.2. The summed E-state index contributed by atoms with van der Waals surface area (Å²) in [5, 5.41) is 9.27. The van der Waals surface area contributed by atoms with Crippen LogP contribution in [0.3, 0.4) is 0 Å². The van der Waals surface area contributed by atoms with Gasteiger partial charge < -0.3 is 10.0 Å². The summed E-state index contributed by atoms with van der Waals surface area (Å²) in [5.41, 5.74) is 0. The second-order valence-electron chi connectivity index (χ2n) is 4.78. The van der Waals surface area contributed by atoms with Gasteiger partial charge in [0.15, 0.2) is 0 Å². The van der Waals surface area contributed by atoms with Gasteiger partial charge in [-0.1, -0.05) is 0 Å². The van der Waals surface area contributed by atoms with Crippen molar-refractivity contribution < 1.29 is 18.7 Å². The fourth-order valence-corrected chi connectivity index (χ4v) is 3.14. The summed E-state index contributed by atoms with van der Waals surface area (Å²) in [5.74, 6) is -1.30. The zero-order chi connectivity index (χ0) is 14.5. The van der Waals surface area contributed by atoms with Crippen molar-refractivity contribution in [3.8, 4) is 0 Å². The van der Waals surface area contributed by atoms with Gasteiger partial charge in [0.2, 0.25) is 5.91 Å². The molecule has 0 bridgehead atoms. The van der Waals surface area contributed by atoms with E-state index in [4.69, 9.17) is 0 Å². The maximum atomic E-state index is 13.5. The van der Waals surface area contributed by atoms with Crippen LogP contribution in [0.25, 0.3) is 0 Å². The highest BCUT2D eigenvalue weighted by Gasteiger charge is 2.25. The Labute approximate surface area is 121 Å². The fourth-order valence-electron chi connectivity index (χ4n) is 2.33. The molecule has 1 unspecified atom stereocenters. The minimum absolute atomic E-state index is 0.0404. The number of rotatable bonds is 4. The minimum atomic E-state index is -0.653. The lowest BCUT2D eigenvalue weighted by Crippen LogP contribution is -2.46. The van der Waals surface area contributed by atoms with Crippen molar-refractivity contribution in [2.75, 3.05) is 18.9 Å². The maximum absolute atomic E-state index is 13.5. The van der Waals surface area contributed by atoms with Gasteiger partial charge in [0.1, 0.15) is 11.6 Å². The highest BCUT2D eigenvalue weighted by molar-refractivity contribution is 8.00. The van der Waals surface area contributed by atoms with Gasteiger partial charge in [-0.05, 0) is 31.4 Å². The van der Waals surface area contributed by atoms with Crippen LogP contribution in [0.15, 0.2) is 23.1 Å². The first-order valence-corrected chi connectivity index (χ1v) is 7.58. The third-order valence-electron chi connectivity index (χ3n) is 3.40. The van der Waals surface area contributed by atoms with Gasteiger partial charge in [0.25, 0.3) is 0 Å². The molecule has 3 nitrogen and oxygen atoms in total. The number of carbonyl (C=O) groups excluding carboxylic acids is 1. The topological polar surface area (TPSA) is 40.5 Å². The van der Waals surface area contributed by atoms with Crippen molar-refractivity contribution in [2.45, 2.75) is 30.2 Å². The van der Waals surface area contributed by atoms with E-state index in [-0.39, 0.29) is 29.2 Å². The quantitative estimate of drug-likeness (QED) is 0.868. The Hall–Kier alpha value is -1.14. The van der Waals surface area contributed by atoms with Gasteiger partial charge in [-0.2, -0.15) is 0 Å². The number of aliphatic hydroxyl groups is 1. The molecule has 1 saturated heterocycles. The largest absolute Gasteiger partial charge is 0.394 e. The van der Waals surface area contributed by atoms with Crippen molar-refractivity contribution >= 4 is 17.7 Å². The molecular formula is C14H17F2NO2S. The number of piperidine rings is 1. The highest BCUT2D eigenvalue weighted by Crippen LogP contribution is 2.24. The molecule has 1 heterocycles. The molecule has 6 heteroatoms. The van der Waals surface area contributed by atoms with Gasteiger partial charge in [0, 0.05) is 17.5 Å². The molecule has 1 atom stereocenters. The molecule has 1 fully saturated rings. The normalized spacial score (nSPS) is 19.1. The first-order valence-electron chi connectivity index (χ1n) is 6.60. The van der Waals surface area contributed by atoms with Crippen molar-refractivity contribution in [3.05, 3.63) is 29.8 Å². The van der Waals surface area contributed by atoms with E-state index in [2.05, 4.69) is 0 Å². The number of hydrogen-bond donors (Lipinski definition) is 1. The van der Waals surface area contributed by atoms with Crippen LogP contribution in [0.5, 0.6) is 0 Å². The number of hydrogen-bond acceptors (Lipinski definition) is 3. The molecule has 1 N–H and O–H groups in total. The third-order valence-corrected chi connectivity index (χ3v) is 4.44. The summed E-state index contributed by atoms with van der Waals surface area (Å²) in [6.45, 7) is 0.595. The Morgan fingerprint density at radius 2 is 2.20 bits per heavy atom. The molecule has 20 heavy (non-hydrogen) atoms. The molecule has 0 radical (unpaired) electrons. The minimum Gasteiger partial charge on any atom is -0.394 e. The Balaban J connectivity index is 1.94. The lowest BCUT2D eigenvalue weighted by molar-refractivity contribution is -0.132. The van der Waals surface area contributed by atoms with E-state index in [1.807, 2.05) is 0 Å². The van der Waals surface area contributed by atoms with Crippen LogP contribution in [0.2, 0.25) is 0 Å². The van der Waals surface area contributed by atoms with Crippen LogP contribution >= 0.6 is 11.8 Å². The molecule has 0 aliphatic carbocycles. The first kappa shape index (κ1) is 15.3. The number of benzene rings is 1. The Morgan fingerprint density at radius 3 is 2.90 bits per heavy atom. The molecule has 1 aromatic rings. The van der Waals surface area contributed by atoms with E-state index in [1.54, 1.807) is 4.90 Å². The molecular weight excluding hydrogens is 284 g/mol. The fraction of sp³-hybridized carbons (Fsp3) is 0.500. The van der Waals surface area contributed by atoms with Crippen LogP contribution in [-0.4, -0.2) is 40.9 Å². The van der Waals surface area contributed by atoms with E-state index in [1.165, 1.54) is 12.1 Å². The Kier molecular flexibility index (Phi) is 5.37. The maximum Gasteiger partial charge on any atom is 0.233 e. The van der Waals surface area contributed by atoms with E-state index < -0.39 is 11.6 Å². The van der Waals surface area contributed by atoms with Gasteiger partial charge in [-0.3, -0.25) is 4.79 Å². The molecule has 0 aromatic heterocycles. The van der Waals surface area contributed by atoms with Gasteiger partial charge in [0.05, 0.1) is 18.4 Å². The average molecular weight is 301 g/mol. The third kappa shape index (κ3) is 3.70. The molecule has 1 aliphatic rings. The van der Waals surface area contributed by atoms with Crippen molar-refractivity contribution in [1.29, 1.82) is 0 Å². The molecule has 1 amide bonds. The summed E-state index contributed by atoms with van der Waals surface area (Å²) in [6.07, 6.45) is 2.74. The SMILES string of the molecule is O=C(CSc1ccc(F)cc1F)N1CCCCC1CO. The second kappa shape index (κ2) is 7.04. The molecule has 2 rings (SSSR count). The summed E-state index contributed by atoms with van der Waals surface area (Å²) in [6, 6.07) is 3.19. The van der Waals surface area contributed by atoms with Crippen LogP contribution in [-0.2, 0) is 4.79 Å². The smallest absolute Gasteiger partial charge is 0.233 e. The number of thioether (sulfide) groups is 1. The Bertz CT molecular complexity index is 484. The molecule has 1 aromatic carbocycles. The van der Waals surface area contributed by atoms with E-state index in [0.717, 1.165) is 37.1 Å². The zero-order valence-corrected chi connectivity index (χ0v) is 11.8. The Morgan fingerprint density at radius 1 is 1.40 bits per heavy atom. The van der Waals surface area contributed by atoms with E-state index in [9.17, 15) is 18.7 Å². The lowest BCUT2D eigenvalue weighted by atomic mass is 10.0. The van der Waals surface area contributed by atoms with Crippen LogP contribution in [0, 0.1) is 11.6 Å². The van der Waals surface area contributed by atoms with Gasteiger partial charge >= 0.3 is 0 Å². The highest BCUT2D eigenvalue weighted by atomic mass is 32.2. The van der Waals surface area contributed by atoms with Crippen LogP contribution < -0.4 is 0 Å². The summed E-state index contributed by atoms with van der Waals surface area (Å²) in [4.78, 5) is 14.0. The number of carbonyl (C=O) groups is 1. The van der Waals surface area contributed by atoms with Crippen molar-refractivity contribution in [1.82, 2.24) is 4.90 Å².